The fraction of sp³-hybridized carbons (Fsp3) is 0.476. The first kappa shape index (κ1) is 17.0. The van der Waals surface area contributed by atoms with Crippen molar-refractivity contribution in [1.29, 1.82) is 0 Å². The van der Waals surface area contributed by atoms with Gasteiger partial charge in [0.15, 0.2) is 5.65 Å². The Bertz CT molecular complexity index is 1090. The second kappa shape index (κ2) is 6.71. The number of hydrogen-bond donors (Lipinski definition) is 0. The monoisotopic (exact) mass is 351 g/mol. The minimum atomic E-state index is -0.203. The summed E-state index contributed by atoms with van der Waals surface area (Å²) < 4.78 is 3.67. The van der Waals surface area contributed by atoms with Crippen molar-refractivity contribution in [1.82, 2.24) is 14.1 Å². The minimum Gasteiger partial charge on any atom is -0.328 e. The third-order valence-corrected chi connectivity index (χ3v) is 5.65. The van der Waals surface area contributed by atoms with Crippen LogP contribution < -0.4 is 11.0 Å². The fourth-order valence-electron chi connectivity index (χ4n) is 4.32. The van der Waals surface area contributed by atoms with Crippen molar-refractivity contribution in [3.63, 3.8) is 0 Å². The van der Waals surface area contributed by atoms with E-state index >= 15 is 0 Å². The van der Waals surface area contributed by atoms with Crippen LogP contribution in [0.5, 0.6) is 0 Å². The van der Waals surface area contributed by atoms with Crippen molar-refractivity contribution in [2.75, 3.05) is 0 Å². The van der Waals surface area contributed by atoms with Crippen molar-refractivity contribution in [3.8, 4) is 0 Å². The minimum absolute atomic E-state index is 0.177. The van der Waals surface area contributed by atoms with Crippen LogP contribution in [0.25, 0.3) is 21.9 Å². The molecule has 0 spiro atoms. The van der Waals surface area contributed by atoms with Crippen LogP contribution in [0.1, 0.15) is 57.2 Å². The summed E-state index contributed by atoms with van der Waals surface area (Å²) in [5.41, 5.74) is 0.960. The Hall–Kier alpha value is -2.43. The highest BCUT2D eigenvalue weighted by Gasteiger charge is 2.24. The molecule has 1 aromatic carbocycles. The zero-order chi connectivity index (χ0) is 18.3. The highest BCUT2D eigenvalue weighted by Crippen LogP contribution is 2.31. The molecule has 136 valence electrons. The van der Waals surface area contributed by atoms with Crippen LogP contribution >= 0.6 is 0 Å². The predicted octanol–water partition coefficient (Wildman–Crippen LogP) is 3.71. The number of nitrogens with zero attached hydrogens (tertiary/aromatic N) is 3. The second-order valence-corrected chi connectivity index (χ2v) is 7.37. The topological polar surface area (TPSA) is 56.9 Å². The van der Waals surface area contributed by atoms with E-state index in [9.17, 15) is 9.59 Å². The van der Waals surface area contributed by atoms with Crippen LogP contribution in [0.4, 0.5) is 0 Å². The lowest BCUT2D eigenvalue weighted by Gasteiger charge is -2.25. The molecular formula is C21H25N3O2. The van der Waals surface area contributed by atoms with Gasteiger partial charge < -0.3 is 4.57 Å². The van der Waals surface area contributed by atoms with Crippen molar-refractivity contribution in [2.24, 2.45) is 7.05 Å². The molecule has 0 amide bonds. The van der Waals surface area contributed by atoms with Gasteiger partial charge in [-0.05, 0) is 31.4 Å². The van der Waals surface area contributed by atoms with E-state index in [1.807, 2.05) is 29.8 Å². The second-order valence-electron chi connectivity index (χ2n) is 7.37. The highest BCUT2D eigenvalue weighted by atomic mass is 16.1. The quantitative estimate of drug-likeness (QED) is 0.676. The number of para-hydroxylation sites is 1. The molecule has 5 heteroatoms. The van der Waals surface area contributed by atoms with Gasteiger partial charge in [-0.1, -0.05) is 38.3 Å². The Morgan fingerprint density at radius 1 is 1.12 bits per heavy atom. The number of aromatic nitrogens is 3. The summed E-state index contributed by atoms with van der Waals surface area (Å²) in [6.07, 6.45) is 6.61. The average molecular weight is 351 g/mol. The molecule has 4 rings (SSSR count). The fourth-order valence-corrected chi connectivity index (χ4v) is 4.32. The lowest BCUT2D eigenvalue weighted by atomic mass is 9.88. The lowest BCUT2D eigenvalue weighted by Crippen LogP contribution is -2.32. The summed E-state index contributed by atoms with van der Waals surface area (Å²) in [5, 5.41) is 0.800. The van der Waals surface area contributed by atoms with Gasteiger partial charge in [0, 0.05) is 24.9 Å². The van der Waals surface area contributed by atoms with E-state index < -0.39 is 0 Å². The van der Waals surface area contributed by atoms with E-state index in [-0.39, 0.29) is 16.4 Å². The summed E-state index contributed by atoms with van der Waals surface area (Å²) in [7, 11) is 1.89. The number of aryl methyl sites for hydroxylation is 1. The van der Waals surface area contributed by atoms with Gasteiger partial charge in [-0.3, -0.25) is 14.2 Å². The Morgan fingerprint density at radius 2 is 1.85 bits per heavy atom. The van der Waals surface area contributed by atoms with E-state index in [0.29, 0.717) is 23.5 Å². The van der Waals surface area contributed by atoms with Gasteiger partial charge >= 0.3 is 0 Å². The molecule has 26 heavy (non-hydrogen) atoms. The standard InChI is InChI=1S/C21H25N3O2/c1-3-13-24-19(14-9-5-4-6-10-14)22-20-17(21(24)26)18(25)15-11-7-8-12-16(15)23(20)2/h7-8,11-12,14H,3-6,9-10,13H2,1-2H3. The summed E-state index contributed by atoms with van der Waals surface area (Å²) in [5.74, 6) is 1.18. The Balaban J connectivity index is 2.11. The van der Waals surface area contributed by atoms with Gasteiger partial charge in [-0.2, -0.15) is 0 Å². The molecular weight excluding hydrogens is 326 g/mol. The van der Waals surface area contributed by atoms with E-state index in [2.05, 4.69) is 6.92 Å². The number of hydrogen-bond acceptors (Lipinski definition) is 3. The van der Waals surface area contributed by atoms with Gasteiger partial charge in [0.2, 0.25) is 5.43 Å². The van der Waals surface area contributed by atoms with Crippen LogP contribution in [0.3, 0.4) is 0 Å². The SMILES string of the molecule is CCCn1c(C2CCCCC2)nc2c(c(=O)c3ccccc3n2C)c1=O. The zero-order valence-corrected chi connectivity index (χ0v) is 15.5. The van der Waals surface area contributed by atoms with Gasteiger partial charge in [-0.15, -0.1) is 0 Å². The van der Waals surface area contributed by atoms with Crippen LogP contribution in [-0.2, 0) is 13.6 Å². The highest BCUT2D eigenvalue weighted by molar-refractivity contribution is 5.91. The molecule has 1 saturated carbocycles. The smallest absolute Gasteiger partial charge is 0.266 e. The molecule has 3 aromatic rings. The molecule has 2 heterocycles. The molecule has 1 aliphatic rings. The molecule has 0 bridgehead atoms. The van der Waals surface area contributed by atoms with Gasteiger partial charge in [-0.25, -0.2) is 4.98 Å². The summed E-state index contributed by atoms with van der Waals surface area (Å²) in [6, 6.07) is 7.45. The van der Waals surface area contributed by atoms with E-state index in [1.165, 1.54) is 19.3 Å². The van der Waals surface area contributed by atoms with Crippen molar-refractivity contribution in [2.45, 2.75) is 57.9 Å². The molecule has 1 fully saturated rings. The maximum absolute atomic E-state index is 13.3. The summed E-state index contributed by atoms with van der Waals surface area (Å²) >= 11 is 0. The Kier molecular flexibility index (Phi) is 4.39. The van der Waals surface area contributed by atoms with Gasteiger partial charge in [0.05, 0.1) is 5.52 Å². The normalized spacial score (nSPS) is 15.8. The lowest BCUT2D eigenvalue weighted by molar-refractivity contribution is 0.408. The van der Waals surface area contributed by atoms with Gasteiger partial charge in [0.1, 0.15) is 11.2 Å². The number of benzene rings is 1. The largest absolute Gasteiger partial charge is 0.328 e. The Morgan fingerprint density at radius 3 is 2.58 bits per heavy atom. The molecule has 5 nitrogen and oxygen atoms in total. The number of pyridine rings is 1. The molecule has 0 N–H and O–H groups in total. The van der Waals surface area contributed by atoms with Crippen molar-refractivity contribution < 1.29 is 0 Å². The van der Waals surface area contributed by atoms with E-state index in [1.54, 1.807) is 10.6 Å². The summed E-state index contributed by atoms with van der Waals surface area (Å²) in [6.45, 7) is 2.67. The third kappa shape index (κ3) is 2.57. The molecule has 1 aliphatic carbocycles. The molecule has 0 aliphatic heterocycles. The maximum Gasteiger partial charge on any atom is 0.266 e. The molecule has 2 aromatic heterocycles. The zero-order valence-electron chi connectivity index (χ0n) is 15.5. The molecule has 0 radical (unpaired) electrons. The van der Waals surface area contributed by atoms with Gasteiger partial charge in [0.25, 0.3) is 5.56 Å². The van der Waals surface area contributed by atoms with Crippen LogP contribution in [-0.4, -0.2) is 14.1 Å². The van der Waals surface area contributed by atoms with E-state index in [0.717, 1.165) is 30.6 Å². The first-order valence-electron chi connectivity index (χ1n) is 9.65. The van der Waals surface area contributed by atoms with Crippen LogP contribution in [0.2, 0.25) is 0 Å². The molecule has 0 atom stereocenters. The maximum atomic E-state index is 13.3. The van der Waals surface area contributed by atoms with Crippen molar-refractivity contribution >= 4 is 21.9 Å². The predicted molar refractivity (Wildman–Crippen MR) is 105 cm³/mol. The van der Waals surface area contributed by atoms with Crippen LogP contribution in [0, 0.1) is 0 Å². The summed E-state index contributed by atoms with van der Waals surface area (Å²) in [4.78, 5) is 31.3. The molecule has 0 saturated heterocycles. The average Bonchev–Trinajstić information content (AvgIpc) is 2.68. The first-order chi connectivity index (χ1) is 12.6. The van der Waals surface area contributed by atoms with Crippen LogP contribution in [0.15, 0.2) is 33.9 Å². The number of rotatable bonds is 3. The number of fused-ring (bicyclic) bond motifs is 2. The van der Waals surface area contributed by atoms with E-state index in [4.69, 9.17) is 4.98 Å². The first-order valence-corrected chi connectivity index (χ1v) is 9.65. The Labute approximate surface area is 152 Å². The third-order valence-electron chi connectivity index (χ3n) is 5.65. The molecule has 0 unspecified atom stereocenters. The van der Waals surface area contributed by atoms with Crippen molar-refractivity contribution in [3.05, 3.63) is 50.7 Å².